The highest BCUT2D eigenvalue weighted by molar-refractivity contribution is 5.66. The molecule has 1 amide bonds. The lowest BCUT2D eigenvalue weighted by Gasteiger charge is -2.29. The Labute approximate surface area is 76.8 Å². The molecule has 13 heavy (non-hydrogen) atoms. The van der Waals surface area contributed by atoms with Crippen LogP contribution in [0.15, 0.2) is 0 Å². The summed E-state index contributed by atoms with van der Waals surface area (Å²) >= 11 is 0. The third kappa shape index (κ3) is 3.18. The van der Waals surface area contributed by atoms with E-state index in [0.29, 0.717) is 25.9 Å². The van der Waals surface area contributed by atoms with Gasteiger partial charge in [0.2, 0.25) is 0 Å². The van der Waals surface area contributed by atoms with Crippen molar-refractivity contribution >= 4 is 6.09 Å². The minimum atomic E-state index is -1.26. The fraction of sp³-hybridized carbons (Fsp3) is 0.875. The number of rotatable bonds is 2. The van der Waals surface area contributed by atoms with Gasteiger partial charge in [-0.2, -0.15) is 0 Å². The summed E-state index contributed by atoms with van der Waals surface area (Å²) in [5.41, 5.74) is -1.26. The maximum absolute atomic E-state index is 13.8. The number of alkyl halides is 1. The molecule has 1 fully saturated rings. The summed E-state index contributed by atoms with van der Waals surface area (Å²) in [6, 6.07) is 0. The van der Waals surface area contributed by atoms with Gasteiger partial charge in [0, 0.05) is 0 Å². The number of amides is 1. The number of ether oxygens (including phenoxy) is 1. The molecule has 1 saturated heterocycles. The molecule has 1 rings (SSSR count). The van der Waals surface area contributed by atoms with Crippen LogP contribution in [0.2, 0.25) is 0 Å². The molecule has 0 aliphatic carbocycles. The lowest BCUT2D eigenvalue weighted by molar-refractivity contribution is 0.106. The largest absolute Gasteiger partial charge is 0.453 e. The van der Waals surface area contributed by atoms with Crippen molar-refractivity contribution < 1.29 is 13.9 Å². The molecule has 0 saturated carbocycles. The molecule has 5 heteroatoms. The van der Waals surface area contributed by atoms with Crippen LogP contribution in [0.4, 0.5) is 9.18 Å². The zero-order chi connectivity index (χ0) is 9.73. The Kier molecular flexibility index (Phi) is 3.48. The van der Waals surface area contributed by atoms with Crippen LogP contribution in [0.5, 0.6) is 0 Å². The average molecular weight is 190 g/mol. The molecule has 1 aliphatic rings. The minimum absolute atomic E-state index is 0.0430. The van der Waals surface area contributed by atoms with E-state index in [0.717, 1.165) is 0 Å². The smallest absolute Gasteiger partial charge is 0.406 e. The summed E-state index contributed by atoms with van der Waals surface area (Å²) in [6.45, 7) is 1.38. The zero-order valence-electron chi connectivity index (χ0n) is 7.73. The highest BCUT2D eigenvalue weighted by Gasteiger charge is 2.31. The summed E-state index contributed by atoms with van der Waals surface area (Å²) < 4.78 is 18.1. The standard InChI is InChI=1S/C8H15FN2O2/c1-13-7(12)11-6-8(9)2-4-10-5-3-8/h10H,2-6H2,1H3,(H,11,12). The molecule has 76 valence electrons. The van der Waals surface area contributed by atoms with Gasteiger partial charge in [0.15, 0.2) is 0 Å². The van der Waals surface area contributed by atoms with Crippen molar-refractivity contribution in [2.45, 2.75) is 18.5 Å². The number of alkyl carbamates (subject to hydrolysis) is 1. The second-order valence-corrected chi connectivity index (χ2v) is 3.25. The van der Waals surface area contributed by atoms with Gasteiger partial charge < -0.3 is 15.4 Å². The van der Waals surface area contributed by atoms with E-state index in [1.165, 1.54) is 7.11 Å². The number of hydrogen-bond acceptors (Lipinski definition) is 3. The van der Waals surface area contributed by atoms with E-state index in [1.54, 1.807) is 0 Å². The lowest BCUT2D eigenvalue weighted by Crippen LogP contribution is -2.46. The number of methoxy groups -OCH3 is 1. The molecule has 0 aromatic heterocycles. The van der Waals surface area contributed by atoms with Gasteiger partial charge in [-0.15, -0.1) is 0 Å². The molecule has 0 unspecified atom stereocenters. The van der Waals surface area contributed by atoms with Gasteiger partial charge >= 0.3 is 6.09 Å². The third-order valence-corrected chi connectivity index (χ3v) is 2.23. The van der Waals surface area contributed by atoms with Crippen molar-refractivity contribution in [3.05, 3.63) is 0 Å². The Morgan fingerprint density at radius 3 is 2.77 bits per heavy atom. The molecule has 2 N–H and O–H groups in total. The minimum Gasteiger partial charge on any atom is -0.453 e. The monoisotopic (exact) mass is 190 g/mol. The fourth-order valence-corrected chi connectivity index (χ4v) is 1.35. The Balaban J connectivity index is 2.28. The highest BCUT2D eigenvalue weighted by atomic mass is 19.1. The third-order valence-electron chi connectivity index (χ3n) is 2.23. The normalized spacial score (nSPS) is 20.8. The first-order valence-corrected chi connectivity index (χ1v) is 4.38. The van der Waals surface area contributed by atoms with Gasteiger partial charge in [-0.1, -0.05) is 0 Å². The molecular weight excluding hydrogens is 175 g/mol. The van der Waals surface area contributed by atoms with Crippen LogP contribution in [0.1, 0.15) is 12.8 Å². The molecule has 4 nitrogen and oxygen atoms in total. The van der Waals surface area contributed by atoms with Crippen molar-refractivity contribution in [3.63, 3.8) is 0 Å². The van der Waals surface area contributed by atoms with Crippen molar-refractivity contribution in [3.8, 4) is 0 Å². The van der Waals surface area contributed by atoms with Gasteiger partial charge in [-0.25, -0.2) is 9.18 Å². The first-order valence-electron chi connectivity index (χ1n) is 4.38. The van der Waals surface area contributed by atoms with Crippen LogP contribution >= 0.6 is 0 Å². The molecule has 0 atom stereocenters. The lowest BCUT2D eigenvalue weighted by atomic mass is 9.94. The Hall–Kier alpha value is -0.840. The number of carbonyl (C=O) groups is 1. The van der Waals surface area contributed by atoms with Crippen LogP contribution in [0.3, 0.4) is 0 Å². The van der Waals surface area contributed by atoms with E-state index in [4.69, 9.17) is 0 Å². The molecule has 0 spiro atoms. The van der Waals surface area contributed by atoms with Crippen molar-refractivity contribution in [1.29, 1.82) is 0 Å². The van der Waals surface area contributed by atoms with Gasteiger partial charge in [0.05, 0.1) is 13.7 Å². The number of nitrogens with one attached hydrogen (secondary N) is 2. The number of piperidine rings is 1. The molecule has 0 radical (unpaired) electrons. The van der Waals surface area contributed by atoms with E-state index < -0.39 is 11.8 Å². The summed E-state index contributed by atoms with van der Waals surface area (Å²) in [7, 11) is 1.27. The van der Waals surface area contributed by atoms with Crippen LogP contribution in [-0.2, 0) is 4.74 Å². The molecule has 1 heterocycles. The van der Waals surface area contributed by atoms with Gasteiger partial charge in [-0.3, -0.25) is 0 Å². The van der Waals surface area contributed by atoms with Crippen molar-refractivity contribution in [2.75, 3.05) is 26.7 Å². The summed E-state index contributed by atoms with van der Waals surface area (Å²) in [5, 5.41) is 5.44. The number of halogens is 1. The SMILES string of the molecule is COC(=O)NCC1(F)CCNCC1. The Morgan fingerprint density at radius 1 is 1.62 bits per heavy atom. The Bertz CT molecular complexity index is 181. The van der Waals surface area contributed by atoms with E-state index in [9.17, 15) is 9.18 Å². The summed E-state index contributed by atoms with van der Waals surface area (Å²) in [6.07, 6.45) is 0.309. The average Bonchev–Trinajstić information content (AvgIpc) is 2.15. The van der Waals surface area contributed by atoms with Crippen LogP contribution in [0, 0.1) is 0 Å². The van der Waals surface area contributed by atoms with Gasteiger partial charge in [0.1, 0.15) is 5.67 Å². The molecule has 1 aliphatic heterocycles. The molecule has 0 bridgehead atoms. The second kappa shape index (κ2) is 4.41. The molecular formula is C8H15FN2O2. The predicted octanol–water partition coefficient (Wildman–Crippen LogP) is 0.434. The van der Waals surface area contributed by atoms with E-state index in [-0.39, 0.29) is 6.54 Å². The summed E-state index contributed by atoms with van der Waals surface area (Å²) in [5.74, 6) is 0. The Morgan fingerprint density at radius 2 is 2.23 bits per heavy atom. The quantitative estimate of drug-likeness (QED) is 0.664. The van der Waals surface area contributed by atoms with Crippen molar-refractivity contribution in [2.24, 2.45) is 0 Å². The first-order chi connectivity index (χ1) is 6.16. The van der Waals surface area contributed by atoms with Gasteiger partial charge in [-0.05, 0) is 25.9 Å². The van der Waals surface area contributed by atoms with Crippen molar-refractivity contribution in [1.82, 2.24) is 10.6 Å². The molecule has 0 aromatic carbocycles. The second-order valence-electron chi connectivity index (χ2n) is 3.25. The van der Waals surface area contributed by atoms with E-state index in [2.05, 4.69) is 15.4 Å². The van der Waals surface area contributed by atoms with Crippen LogP contribution in [0.25, 0.3) is 0 Å². The highest BCUT2D eigenvalue weighted by Crippen LogP contribution is 2.21. The number of hydrogen-bond donors (Lipinski definition) is 2. The zero-order valence-corrected chi connectivity index (χ0v) is 7.73. The van der Waals surface area contributed by atoms with Crippen LogP contribution < -0.4 is 10.6 Å². The van der Waals surface area contributed by atoms with E-state index in [1.807, 2.05) is 0 Å². The predicted molar refractivity (Wildman–Crippen MR) is 46.4 cm³/mol. The number of carbonyl (C=O) groups excluding carboxylic acids is 1. The topological polar surface area (TPSA) is 50.4 Å². The van der Waals surface area contributed by atoms with Crippen LogP contribution in [-0.4, -0.2) is 38.5 Å². The summed E-state index contributed by atoms with van der Waals surface area (Å²) in [4.78, 5) is 10.7. The maximum atomic E-state index is 13.8. The first kappa shape index (κ1) is 10.2. The molecule has 0 aromatic rings. The fourth-order valence-electron chi connectivity index (χ4n) is 1.35. The maximum Gasteiger partial charge on any atom is 0.406 e. The van der Waals surface area contributed by atoms with E-state index >= 15 is 0 Å². The van der Waals surface area contributed by atoms with Gasteiger partial charge in [0.25, 0.3) is 0 Å².